The highest BCUT2D eigenvalue weighted by atomic mass is 32.2. The Morgan fingerprint density at radius 3 is 2.68 bits per heavy atom. The van der Waals surface area contributed by atoms with Crippen molar-refractivity contribution in [2.45, 2.75) is 38.5 Å². The van der Waals surface area contributed by atoms with Gasteiger partial charge in [-0.2, -0.15) is 4.31 Å². The van der Waals surface area contributed by atoms with Crippen molar-refractivity contribution in [1.82, 2.24) is 14.4 Å². The number of amides is 1. The summed E-state index contributed by atoms with van der Waals surface area (Å²) in [7, 11) is -0.191. The summed E-state index contributed by atoms with van der Waals surface area (Å²) in [5.41, 5.74) is 3.27. The second-order valence-electron chi connectivity index (χ2n) is 8.23. The zero-order valence-electron chi connectivity index (χ0n) is 18.7. The number of hydrogen-bond donors (Lipinski definition) is 1. The van der Waals surface area contributed by atoms with Crippen LogP contribution in [0, 0.1) is 26.7 Å². The Kier molecular flexibility index (Phi) is 6.86. The number of carbonyl (C=O) groups excluding carboxylic acids is 1. The maximum atomic E-state index is 13.4. The standard InChI is InChI=1S/C22H30N4O4S/c1-15-8-9-19(13-16(15)2)23-22(27)18-7-6-11-26(14-18)31(28,29)21-17(3)24-30-20(21)10-12-25(4)5/h8-10,12-13,18H,6-7,11,14H2,1-5H3,(H,23,27)/b12-10+/t18-/m1/s1. The van der Waals surface area contributed by atoms with Crippen LogP contribution in [0.15, 0.2) is 33.8 Å². The number of rotatable bonds is 6. The second-order valence-corrected chi connectivity index (χ2v) is 10.1. The molecule has 31 heavy (non-hydrogen) atoms. The molecule has 3 rings (SSSR count). The van der Waals surface area contributed by atoms with Gasteiger partial charge in [0.1, 0.15) is 5.69 Å². The molecule has 1 aromatic heterocycles. The molecule has 0 aliphatic carbocycles. The van der Waals surface area contributed by atoms with Crippen molar-refractivity contribution in [3.05, 3.63) is 47.0 Å². The predicted octanol–water partition coefficient (Wildman–Crippen LogP) is 3.17. The van der Waals surface area contributed by atoms with Gasteiger partial charge in [-0.25, -0.2) is 8.42 Å². The van der Waals surface area contributed by atoms with E-state index in [2.05, 4.69) is 10.5 Å². The molecule has 0 unspecified atom stereocenters. The zero-order valence-corrected chi connectivity index (χ0v) is 19.5. The number of carbonyl (C=O) groups is 1. The minimum Gasteiger partial charge on any atom is -0.383 e. The predicted molar refractivity (Wildman–Crippen MR) is 120 cm³/mol. The highest BCUT2D eigenvalue weighted by molar-refractivity contribution is 7.89. The molecule has 1 aromatic carbocycles. The van der Waals surface area contributed by atoms with Crippen LogP contribution in [0.5, 0.6) is 0 Å². The molecular weight excluding hydrogens is 416 g/mol. The van der Waals surface area contributed by atoms with Gasteiger partial charge in [0, 0.05) is 45.1 Å². The second kappa shape index (κ2) is 9.23. The Labute approximate surface area is 183 Å². The Balaban J connectivity index is 1.79. The first kappa shape index (κ1) is 23.0. The fourth-order valence-corrected chi connectivity index (χ4v) is 5.36. The van der Waals surface area contributed by atoms with Gasteiger partial charge in [-0.15, -0.1) is 0 Å². The normalized spacial score (nSPS) is 17.8. The van der Waals surface area contributed by atoms with E-state index in [1.807, 2.05) is 46.1 Å². The topological polar surface area (TPSA) is 95.8 Å². The molecule has 1 aliphatic heterocycles. The van der Waals surface area contributed by atoms with E-state index in [0.717, 1.165) is 16.8 Å². The maximum absolute atomic E-state index is 13.4. The number of aromatic nitrogens is 1. The molecule has 0 saturated carbocycles. The van der Waals surface area contributed by atoms with Gasteiger partial charge >= 0.3 is 0 Å². The Hall–Kier alpha value is -2.65. The van der Waals surface area contributed by atoms with Crippen LogP contribution < -0.4 is 5.32 Å². The molecule has 1 atom stereocenters. The number of hydrogen-bond acceptors (Lipinski definition) is 6. The largest absolute Gasteiger partial charge is 0.383 e. The Morgan fingerprint density at radius 1 is 1.26 bits per heavy atom. The molecule has 0 spiro atoms. The van der Waals surface area contributed by atoms with Crippen LogP contribution >= 0.6 is 0 Å². The molecule has 2 heterocycles. The summed E-state index contributed by atoms with van der Waals surface area (Å²) in [5.74, 6) is -0.406. The van der Waals surface area contributed by atoms with Crippen molar-refractivity contribution in [2.75, 3.05) is 32.5 Å². The summed E-state index contributed by atoms with van der Waals surface area (Å²) in [6, 6.07) is 5.75. The van der Waals surface area contributed by atoms with Crippen LogP contribution in [0.3, 0.4) is 0 Å². The molecule has 0 radical (unpaired) electrons. The van der Waals surface area contributed by atoms with Gasteiger partial charge in [-0.3, -0.25) is 4.79 Å². The summed E-state index contributed by atoms with van der Waals surface area (Å²) in [5, 5.41) is 6.79. The lowest BCUT2D eigenvalue weighted by Crippen LogP contribution is -2.43. The minimum absolute atomic E-state index is 0.0563. The lowest BCUT2D eigenvalue weighted by Gasteiger charge is -2.31. The zero-order chi connectivity index (χ0) is 22.8. The van der Waals surface area contributed by atoms with E-state index in [1.165, 1.54) is 4.31 Å². The van der Waals surface area contributed by atoms with Crippen molar-refractivity contribution in [2.24, 2.45) is 5.92 Å². The van der Waals surface area contributed by atoms with E-state index in [0.29, 0.717) is 25.1 Å². The van der Waals surface area contributed by atoms with Gasteiger partial charge in [0.05, 0.1) is 5.92 Å². The molecular formula is C22H30N4O4S. The van der Waals surface area contributed by atoms with E-state index in [9.17, 15) is 13.2 Å². The van der Waals surface area contributed by atoms with E-state index < -0.39 is 15.9 Å². The average Bonchev–Trinajstić information content (AvgIpc) is 3.10. The lowest BCUT2D eigenvalue weighted by molar-refractivity contribution is -0.120. The first-order chi connectivity index (χ1) is 14.6. The first-order valence-corrected chi connectivity index (χ1v) is 11.7. The van der Waals surface area contributed by atoms with E-state index in [4.69, 9.17) is 4.52 Å². The number of sulfonamides is 1. The average molecular weight is 447 g/mol. The van der Waals surface area contributed by atoms with Crippen molar-refractivity contribution >= 4 is 27.7 Å². The molecule has 1 fully saturated rings. The van der Waals surface area contributed by atoms with Gasteiger partial charge < -0.3 is 14.7 Å². The smallest absolute Gasteiger partial charge is 0.248 e. The van der Waals surface area contributed by atoms with Crippen LogP contribution in [0.4, 0.5) is 5.69 Å². The SMILES string of the molecule is Cc1ccc(NC(=O)[C@@H]2CCCN(S(=O)(=O)c3c(C)noc3/C=C/N(C)C)C2)cc1C. The molecule has 168 valence electrons. The Bertz CT molecular complexity index is 1090. The molecule has 1 amide bonds. The van der Waals surface area contributed by atoms with E-state index in [-0.39, 0.29) is 23.1 Å². The molecule has 1 aliphatic rings. The molecule has 8 nitrogen and oxygen atoms in total. The first-order valence-electron chi connectivity index (χ1n) is 10.3. The lowest BCUT2D eigenvalue weighted by atomic mass is 9.98. The molecule has 9 heteroatoms. The third-order valence-electron chi connectivity index (χ3n) is 5.48. The van der Waals surface area contributed by atoms with Crippen molar-refractivity contribution in [3.63, 3.8) is 0 Å². The van der Waals surface area contributed by atoms with Crippen molar-refractivity contribution < 1.29 is 17.7 Å². The molecule has 1 N–H and O–H groups in total. The van der Waals surface area contributed by atoms with Crippen LogP contribution in [0.1, 0.15) is 35.4 Å². The van der Waals surface area contributed by atoms with Crippen LogP contribution in [0.25, 0.3) is 6.08 Å². The van der Waals surface area contributed by atoms with Gasteiger partial charge in [0.2, 0.25) is 15.9 Å². The fraction of sp³-hybridized carbons (Fsp3) is 0.455. The monoisotopic (exact) mass is 446 g/mol. The Morgan fingerprint density at radius 2 is 2.00 bits per heavy atom. The van der Waals surface area contributed by atoms with Crippen LogP contribution in [-0.2, 0) is 14.8 Å². The minimum atomic E-state index is -3.85. The molecule has 0 bridgehead atoms. The number of anilines is 1. The number of nitrogens with zero attached hydrogens (tertiary/aromatic N) is 3. The van der Waals surface area contributed by atoms with Crippen LogP contribution in [-0.4, -0.2) is 55.9 Å². The number of nitrogens with one attached hydrogen (secondary N) is 1. The van der Waals surface area contributed by atoms with Gasteiger partial charge in [0.15, 0.2) is 10.7 Å². The summed E-state index contributed by atoms with van der Waals surface area (Å²) >= 11 is 0. The van der Waals surface area contributed by atoms with Crippen molar-refractivity contribution in [1.29, 1.82) is 0 Å². The van der Waals surface area contributed by atoms with E-state index in [1.54, 1.807) is 24.1 Å². The highest BCUT2D eigenvalue weighted by Crippen LogP contribution is 2.29. The fourth-order valence-electron chi connectivity index (χ4n) is 3.58. The number of aryl methyl sites for hydroxylation is 3. The summed E-state index contributed by atoms with van der Waals surface area (Å²) < 4.78 is 33.4. The number of piperidine rings is 1. The summed E-state index contributed by atoms with van der Waals surface area (Å²) in [6.07, 6.45) is 4.53. The van der Waals surface area contributed by atoms with E-state index >= 15 is 0 Å². The van der Waals surface area contributed by atoms with Gasteiger partial charge in [0.25, 0.3) is 0 Å². The summed E-state index contributed by atoms with van der Waals surface area (Å²) in [6.45, 7) is 6.10. The third kappa shape index (κ3) is 5.16. The van der Waals surface area contributed by atoms with Crippen LogP contribution in [0.2, 0.25) is 0 Å². The maximum Gasteiger partial charge on any atom is 0.248 e. The third-order valence-corrected chi connectivity index (χ3v) is 7.51. The van der Waals surface area contributed by atoms with Gasteiger partial charge in [-0.05, 0) is 56.9 Å². The highest BCUT2D eigenvalue weighted by Gasteiger charge is 2.37. The number of benzene rings is 1. The summed E-state index contributed by atoms with van der Waals surface area (Å²) in [4.78, 5) is 14.7. The molecule has 2 aromatic rings. The van der Waals surface area contributed by atoms with Crippen molar-refractivity contribution in [3.8, 4) is 0 Å². The van der Waals surface area contributed by atoms with Gasteiger partial charge in [-0.1, -0.05) is 11.2 Å². The quantitative estimate of drug-likeness (QED) is 0.732. The molecule has 1 saturated heterocycles.